The number of nitrogens with zero attached hydrogens (tertiary/aromatic N) is 1. The number of hydrogen-bond acceptors (Lipinski definition) is 2. The number of hydrogen-bond donors (Lipinski definition) is 2. The van der Waals surface area contributed by atoms with Gasteiger partial charge in [-0.25, -0.2) is 4.79 Å². The van der Waals surface area contributed by atoms with E-state index in [0.717, 1.165) is 18.9 Å². The number of piperidine rings is 1. The quantitative estimate of drug-likeness (QED) is 0.836. The van der Waals surface area contributed by atoms with E-state index < -0.39 is 11.7 Å². The summed E-state index contributed by atoms with van der Waals surface area (Å²) in [6.45, 7) is 3.36. The van der Waals surface area contributed by atoms with Gasteiger partial charge in [-0.05, 0) is 37.8 Å². The summed E-state index contributed by atoms with van der Waals surface area (Å²) in [5.74, 6) is -0.301. The maximum Gasteiger partial charge on any atom is 0.416 e. The predicted octanol–water partition coefficient (Wildman–Crippen LogP) is 2.81. The van der Waals surface area contributed by atoms with Crippen molar-refractivity contribution in [1.82, 2.24) is 15.5 Å². The van der Waals surface area contributed by atoms with Crippen LogP contribution in [0, 0.1) is 5.92 Å². The summed E-state index contributed by atoms with van der Waals surface area (Å²) in [4.78, 5) is 25.7. The van der Waals surface area contributed by atoms with Crippen LogP contribution in [-0.2, 0) is 17.4 Å². The zero-order chi connectivity index (χ0) is 19.2. The predicted molar refractivity (Wildman–Crippen MR) is 91.5 cm³/mol. The molecule has 1 heterocycles. The molecule has 0 aliphatic carbocycles. The summed E-state index contributed by atoms with van der Waals surface area (Å²) in [6, 6.07) is 5.01. The first-order chi connectivity index (χ1) is 12.3. The van der Waals surface area contributed by atoms with Crippen molar-refractivity contribution >= 4 is 11.9 Å². The summed E-state index contributed by atoms with van der Waals surface area (Å²) in [7, 11) is 0. The molecule has 0 spiro atoms. The molecule has 1 atom stereocenters. The third kappa shape index (κ3) is 5.37. The highest BCUT2D eigenvalue weighted by Gasteiger charge is 2.33. The molecule has 2 N–H and O–H groups in total. The molecular formula is C18H24F3N3O2. The van der Waals surface area contributed by atoms with Crippen LogP contribution in [0.15, 0.2) is 24.3 Å². The average Bonchev–Trinajstić information content (AvgIpc) is 2.61. The third-order valence-electron chi connectivity index (χ3n) is 4.42. The van der Waals surface area contributed by atoms with E-state index in [0.29, 0.717) is 19.6 Å². The molecule has 2 rings (SSSR count). The van der Waals surface area contributed by atoms with E-state index in [9.17, 15) is 22.8 Å². The fourth-order valence-corrected chi connectivity index (χ4v) is 3.12. The van der Waals surface area contributed by atoms with Crippen LogP contribution in [0.5, 0.6) is 0 Å². The molecule has 1 aliphatic rings. The molecule has 0 aromatic heterocycles. The van der Waals surface area contributed by atoms with E-state index in [4.69, 9.17) is 0 Å². The van der Waals surface area contributed by atoms with Gasteiger partial charge in [0.05, 0.1) is 11.5 Å². The molecule has 144 valence electrons. The molecule has 3 amide bonds. The number of rotatable bonds is 5. The van der Waals surface area contributed by atoms with Crippen molar-refractivity contribution in [2.24, 2.45) is 5.92 Å². The highest BCUT2D eigenvalue weighted by Crippen LogP contribution is 2.31. The second-order valence-corrected chi connectivity index (χ2v) is 6.32. The fourth-order valence-electron chi connectivity index (χ4n) is 3.12. The van der Waals surface area contributed by atoms with Crippen molar-refractivity contribution in [3.05, 3.63) is 35.4 Å². The maximum atomic E-state index is 13.0. The van der Waals surface area contributed by atoms with Gasteiger partial charge in [-0.1, -0.05) is 18.2 Å². The van der Waals surface area contributed by atoms with E-state index in [1.165, 1.54) is 12.1 Å². The van der Waals surface area contributed by atoms with Crippen LogP contribution in [0.3, 0.4) is 0 Å². The Kier molecular flexibility index (Phi) is 6.88. The van der Waals surface area contributed by atoms with Gasteiger partial charge in [0.15, 0.2) is 0 Å². The number of carbonyl (C=O) groups is 2. The molecule has 1 aromatic carbocycles. The first-order valence-corrected chi connectivity index (χ1v) is 8.78. The van der Waals surface area contributed by atoms with Crippen LogP contribution in [-0.4, -0.2) is 43.0 Å². The minimum Gasteiger partial charge on any atom is -0.356 e. The number of halogens is 3. The van der Waals surface area contributed by atoms with Gasteiger partial charge in [-0.3, -0.25) is 4.79 Å². The van der Waals surface area contributed by atoms with Gasteiger partial charge in [0.25, 0.3) is 0 Å². The minimum absolute atomic E-state index is 0.0656. The number of nitrogens with one attached hydrogen (secondary N) is 2. The lowest BCUT2D eigenvalue weighted by molar-refractivity contribution is -0.138. The van der Waals surface area contributed by atoms with Crippen LogP contribution < -0.4 is 10.6 Å². The summed E-state index contributed by atoms with van der Waals surface area (Å²) >= 11 is 0. The first-order valence-electron chi connectivity index (χ1n) is 8.78. The molecule has 8 heteroatoms. The van der Waals surface area contributed by atoms with Crippen LogP contribution in [0.2, 0.25) is 0 Å². The smallest absolute Gasteiger partial charge is 0.356 e. The van der Waals surface area contributed by atoms with E-state index in [-0.39, 0.29) is 36.4 Å². The minimum atomic E-state index is -4.41. The van der Waals surface area contributed by atoms with Gasteiger partial charge in [-0.15, -0.1) is 0 Å². The van der Waals surface area contributed by atoms with Crippen LogP contribution in [0.25, 0.3) is 0 Å². The van der Waals surface area contributed by atoms with E-state index >= 15 is 0 Å². The van der Waals surface area contributed by atoms with Crippen LogP contribution in [0.1, 0.15) is 30.9 Å². The summed E-state index contributed by atoms with van der Waals surface area (Å²) < 4.78 is 38.9. The average molecular weight is 371 g/mol. The lowest BCUT2D eigenvalue weighted by atomic mass is 9.97. The molecule has 0 saturated carbocycles. The fraction of sp³-hybridized carbons (Fsp3) is 0.556. The SMILES string of the molecule is CCNC(=O)[C@@H]1CCCN(C(=O)NCCc2ccccc2C(F)(F)F)C1. The normalized spacial score (nSPS) is 17.7. The van der Waals surface area contributed by atoms with E-state index in [1.807, 2.05) is 6.92 Å². The van der Waals surface area contributed by atoms with Crippen molar-refractivity contribution in [3.63, 3.8) is 0 Å². The molecule has 0 bridgehead atoms. The Morgan fingerprint density at radius 1 is 1.23 bits per heavy atom. The first kappa shape index (κ1) is 20.1. The topological polar surface area (TPSA) is 61.4 Å². The Labute approximate surface area is 150 Å². The summed E-state index contributed by atoms with van der Waals surface area (Å²) in [6.07, 6.45) is -2.86. The lowest BCUT2D eigenvalue weighted by Gasteiger charge is -2.32. The molecule has 26 heavy (non-hydrogen) atoms. The monoisotopic (exact) mass is 371 g/mol. The van der Waals surface area contributed by atoms with Crippen molar-refractivity contribution in [2.45, 2.75) is 32.4 Å². The number of benzene rings is 1. The summed E-state index contributed by atoms with van der Waals surface area (Å²) in [5, 5.41) is 5.41. The molecule has 1 fully saturated rings. The van der Waals surface area contributed by atoms with Crippen molar-refractivity contribution in [1.29, 1.82) is 0 Å². The highest BCUT2D eigenvalue weighted by atomic mass is 19.4. The standard InChI is InChI=1S/C18H24F3N3O2/c1-2-22-16(25)14-7-5-11-24(12-14)17(26)23-10-9-13-6-3-4-8-15(13)18(19,20)21/h3-4,6,8,14H,2,5,7,9-12H2,1H3,(H,22,25)(H,23,26)/t14-/m1/s1. The Morgan fingerprint density at radius 3 is 2.65 bits per heavy atom. The van der Waals surface area contributed by atoms with E-state index in [2.05, 4.69) is 10.6 Å². The Bertz CT molecular complexity index is 634. The maximum absolute atomic E-state index is 13.0. The highest BCUT2D eigenvalue weighted by molar-refractivity contribution is 5.80. The van der Waals surface area contributed by atoms with Crippen LogP contribution in [0.4, 0.5) is 18.0 Å². The van der Waals surface area contributed by atoms with E-state index in [1.54, 1.807) is 11.0 Å². The number of alkyl halides is 3. The van der Waals surface area contributed by atoms with Gasteiger partial charge < -0.3 is 15.5 Å². The largest absolute Gasteiger partial charge is 0.416 e. The van der Waals surface area contributed by atoms with Crippen molar-refractivity contribution in [3.8, 4) is 0 Å². The third-order valence-corrected chi connectivity index (χ3v) is 4.42. The lowest BCUT2D eigenvalue weighted by Crippen LogP contribution is -2.49. The zero-order valence-electron chi connectivity index (χ0n) is 14.7. The number of likely N-dealkylation sites (tertiary alicyclic amines) is 1. The summed E-state index contributed by atoms with van der Waals surface area (Å²) in [5.41, 5.74) is -0.525. The van der Waals surface area contributed by atoms with Crippen molar-refractivity contribution < 1.29 is 22.8 Å². The van der Waals surface area contributed by atoms with Gasteiger partial charge in [0.1, 0.15) is 0 Å². The number of carbonyl (C=O) groups excluding carboxylic acids is 2. The number of urea groups is 1. The van der Waals surface area contributed by atoms with Gasteiger partial charge in [0, 0.05) is 26.2 Å². The molecule has 0 radical (unpaired) electrons. The molecule has 0 unspecified atom stereocenters. The second kappa shape index (κ2) is 8.91. The molecule has 1 saturated heterocycles. The molecular weight excluding hydrogens is 347 g/mol. The molecule has 1 aliphatic heterocycles. The Morgan fingerprint density at radius 2 is 1.96 bits per heavy atom. The van der Waals surface area contributed by atoms with Gasteiger partial charge in [-0.2, -0.15) is 13.2 Å². The van der Waals surface area contributed by atoms with Crippen LogP contribution >= 0.6 is 0 Å². The molecule has 1 aromatic rings. The number of amides is 3. The van der Waals surface area contributed by atoms with Crippen molar-refractivity contribution in [2.75, 3.05) is 26.2 Å². The zero-order valence-corrected chi connectivity index (χ0v) is 14.7. The van der Waals surface area contributed by atoms with Gasteiger partial charge in [0.2, 0.25) is 5.91 Å². The Balaban J connectivity index is 1.87. The van der Waals surface area contributed by atoms with Gasteiger partial charge >= 0.3 is 12.2 Å². The second-order valence-electron chi connectivity index (χ2n) is 6.32. The Hall–Kier alpha value is -2.25. The molecule has 5 nitrogen and oxygen atoms in total.